The van der Waals surface area contributed by atoms with Crippen molar-refractivity contribution in [2.75, 3.05) is 0 Å². The Bertz CT molecular complexity index is 1400. The Morgan fingerprint density at radius 2 is 2.03 bits per heavy atom. The summed E-state index contributed by atoms with van der Waals surface area (Å²) in [5, 5.41) is 14.1. The summed E-state index contributed by atoms with van der Waals surface area (Å²) in [4.78, 5) is 21.0. The Hall–Kier alpha value is -3.62. The lowest BCUT2D eigenvalue weighted by molar-refractivity contribution is 0.129. The molecule has 6 rings (SSSR count). The van der Waals surface area contributed by atoms with E-state index in [2.05, 4.69) is 19.9 Å². The molecule has 4 aromatic heterocycles. The van der Waals surface area contributed by atoms with Crippen molar-refractivity contribution in [3.8, 4) is 21.8 Å². The third-order valence-electron chi connectivity index (χ3n) is 5.13. The van der Waals surface area contributed by atoms with Crippen molar-refractivity contribution in [2.24, 2.45) is 0 Å². The molecule has 8 heteroatoms. The summed E-state index contributed by atoms with van der Waals surface area (Å²) in [6.07, 6.45) is 12.3. The number of rotatable bonds is 3. The molecule has 140 valence electrons. The van der Waals surface area contributed by atoms with Gasteiger partial charge in [-0.2, -0.15) is 0 Å². The molecule has 0 saturated heterocycles. The van der Waals surface area contributed by atoms with Gasteiger partial charge in [-0.25, -0.2) is 15.0 Å². The third-order valence-corrected chi connectivity index (χ3v) is 6.00. The lowest BCUT2D eigenvalue weighted by atomic mass is 9.92. The molecule has 5 aromatic rings. The van der Waals surface area contributed by atoms with Crippen molar-refractivity contribution in [3.05, 3.63) is 78.1 Å². The van der Waals surface area contributed by atoms with E-state index in [0.29, 0.717) is 5.82 Å². The standard InChI is InChI=1S/C21H14N6OS/c28-21(4-8-27-9-7-24-20(21)27)14-3-1-2-13(10-14)16-12-29-19(26-16)15-11-25-18-17(15)22-5-6-23-18/h1-12,28H,(H,23,25)/t21-/m1/s1. The number of benzene rings is 1. The zero-order valence-corrected chi connectivity index (χ0v) is 15.8. The van der Waals surface area contributed by atoms with Gasteiger partial charge >= 0.3 is 0 Å². The van der Waals surface area contributed by atoms with Crippen LogP contribution in [0.1, 0.15) is 11.4 Å². The van der Waals surface area contributed by atoms with Gasteiger partial charge in [-0.15, -0.1) is 11.3 Å². The lowest BCUT2D eigenvalue weighted by Gasteiger charge is -2.20. The van der Waals surface area contributed by atoms with E-state index in [4.69, 9.17) is 4.98 Å². The molecule has 1 aromatic carbocycles. The average Bonchev–Trinajstić information content (AvgIpc) is 3.53. The Morgan fingerprint density at radius 3 is 3.00 bits per heavy atom. The van der Waals surface area contributed by atoms with E-state index in [0.717, 1.165) is 38.6 Å². The zero-order chi connectivity index (χ0) is 19.4. The van der Waals surface area contributed by atoms with Crippen LogP contribution in [0.15, 0.2) is 66.7 Å². The fourth-order valence-corrected chi connectivity index (χ4v) is 4.52. The fraction of sp³-hybridized carbons (Fsp3) is 0.0476. The van der Waals surface area contributed by atoms with E-state index in [-0.39, 0.29) is 0 Å². The molecule has 0 bridgehead atoms. The number of nitrogens with one attached hydrogen (secondary N) is 1. The van der Waals surface area contributed by atoms with Crippen molar-refractivity contribution in [1.29, 1.82) is 0 Å². The Morgan fingerprint density at radius 1 is 1.10 bits per heavy atom. The summed E-state index contributed by atoms with van der Waals surface area (Å²) in [6.45, 7) is 0. The van der Waals surface area contributed by atoms with Gasteiger partial charge in [0.2, 0.25) is 0 Å². The molecule has 7 nitrogen and oxygen atoms in total. The molecule has 0 unspecified atom stereocenters. The Kier molecular flexibility index (Phi) is 3.35. The molecule has 0 saturated carbocycles. The van der Waals surface area contributed by atoms with E-state index in [9.17, 15) is 5.11 Å². The minimum atomic E-state index is -1.25. The monoisotopic (exact) mass is 398 g/mol. The number of aliphatic hydroxyl groups is 1. The van der Waals surface area contributed by atoms with E-state index in [1.807, 2.05) is 52.8 Å². The minimum absolute atomic E-state index is 0.589. The second-order valence-corrected chi connectivity index (χ2v) is 7.67. The topological polar surface area (TPSA) is 92.5 Å². The highest BCUT2D eigenvalue weighted by Crippen LogP contribution is 2.37. The van der Waals surface area contributed by atoms with Crippen LogP contribution < -0.4 is 0 Å². The van der Waals surface area contributed by atoms with Crippen molar-refractivity contribution in [3.63, 3.8) is 0 Å². The first-order valence-electron chi connectivity index (χ1n) is 9.02. The number of aromatic amines is 1. The van der Waals surface area contributed by atoms with Crippen molar-refractivity contribution < 1.29 is 5.11 Å². The van der Waals surface area contributed by atoms with Crippen LogP contribution in [0.4, 0.5) is 0 Å². The predicted molar refractivity (Wildman–Crippen MR) is 111 cm³/mol. The molecule has 29 heavy (non-hydrogen) atoms. The molecule has 1 aliphatic rings. The SMILES string of the molecule is O[C@@]1(c2cccc(-c3csc(-c4c[nH]c5nccnc45)n3)c2)C=Cn2ccnc21. The second kappa shape index (κ2) is 5.94. The first kappa shape index (κ1) is 16.3. The molecule has 0 amide bonds. The Balaban J connectivity index is 1.41. The van der Waals surface area contributed by atoms with Crippen molar-refractivity contribution in [2.45, 2.75) is 5.60 Å². The van der Waals surface area contributed by atoms with E-state index >= 15 is 0 Å². The average molecular weight is 398 g/mol. The Labute approximate surface area is 169 Å². The van der Waals surface area contributed by atoms with Crippen LogP contribution >= 0.6 is 11.3 Å². The fourth-order valence-electron chi connectivity index (χ4n) is 3.67. The summed E-state index contributed by atoms with van der Waals surface area (Å²) in [5.74, 6) is 0.589. The smallest absolute Gasteiger partial charge is 0.168 e. The number of aromatic nitrogens is 6. The molecule has 0 aliphatic carbocycles. The van der Waals surface area contributed by atoms with Crippen LogP contribution in [0.3, 0.4) is 0 Å². The third kappa shape index (κ3) is 2.40. The number of thiazole rings is 1. The summed E-state index contributed by atoms with van der Waals surface area (Å²) in [5.41, 5.74) is 3.77. The van der Waals surface area contributed by atoms with Crippen LogP contribution in [-0.4, -0.2) is 34.6 Å². The molecular weight excluding hydrogens is 384 g/mol. The van der Waals surface area contributed by atoms with Gasteiger partial charge in [-0.3, -0.25) is 4.98 Å². The molecular formula is C21H14N6OS. The van der Waals surface area contributed by atoms with Gasteiger partial charge < -0.3 is 14.7 Å². The van der Waals surface area contributed by atoms with Crippen LogP contribution in [0.5, 0.6) is 0 Å². The molecule has 5 heterocycles. The number of nitrogens with zero attached hydrogens (tertiary/aromatic N) is 5. The molecule has 0 fully saturated rings. The maximum atomic E-state index is 11.2. The number of hydrogen-bond donors (Lipinski definition) is 2. The summed E-state index contributed by atoms with van der Waals surface area (Å²) >= 11 is 1.55. The van der Waals surface area contributed by atoms with Gasteiger partial charge in [-0.1, -0.05) is 18.2 Å². The van der Waals surface area contributed by atoms with Gasteiger partial charge in [0, 0.05) is 48.1 Å². The van der Waals surface area contributed by atoms with E-state index in [1.165, 1.54) is 0 Å². The quantitative estimate of drug-likeness (QED) is 0.484. The van der Waals surface area contributed by atoms with Gasteiger partial charge in [-0.05, 0) is 17.7 Å². The number of H-pyrrole nitrogens is 1. The maximum absolute atomic E-state index is 11.2. The van der Waals surface area contributed by atoms with E-state index in [1.54, 1.807) is 36.0 Å². The second-order valence-electron chi connectivity index (χ2n) is 6.81. The van der Waals surface area contributed by atoms with Crippen molar-refractivity contribution >= 4 is 28.7 Å². The molecule has 1 atom stereocenters. The van der Waals surface area contributed by atoms with Crippen molar-refractivity contribution in [1.82, 2.24) is 29.5 Å². The van der Waals surface area contributed by atoms with E-state index < -0.39 is 5.60 Å². The first-order chi connectivity index (χ1) is 14.2. The molecule has 1 aliphatic heterocycles. The van der Waals surface area contributed by atoms with Crippen LogP contribution in [-0.2, 0) is 5.60 Å². The number of imidazole rings is 1. The van der Waals surface area contributed by atoms with Crippen LogP contribution in [0.2, 0.25) is 0 Å². The highest BCUT2D eigenvalue weighted by Gasteiger charge is 2.36. The first-order valence-corrected chi connectivity index (χ1v) is 9.90. The van der Waals surface area contributed by atoms with Crippen LogP contribution in [0.25, 0.3) is 39.2 Å². The molecule has 0 radical (unpaired) electrons. The summed E-state index contributed by atoms with van der Waals surface area (Å²) < 4.78 is 1.83. The number of hydrogen-bond acceptors (Lipinski definition) is 6. The highest BCUT2D eigenvalue weighted by molar-refractivity contribution is 7.13. The van der Waals surface area contributed by atoms with Gasteiger partial charge in [0.1, 0.15) is 10.5 Å². The number of fused-ring (bicyclic) bond motifs is 2. The van der Waals surface area contributed by atoms with Gasteiger partial charge in [0.05, 0.1) is 11.3 Å². The maximum Gasteiger partial charge on any atom is 0.168 e. The minimum Gasteiger partial charge on any atom is -0.373 e. The largest absolute Gasteiger partial charge is 0.373 e. The van der Waals surface area contributed by atoms with Gasteiger partial charge in [0.25, 0.3) is 0 Å². The normalized spacial score (nSPS) is 17.8. The lowest BCUT2D eigenvalue weighted by Crippen LogP contribution is -2.24. The van der Waals surface area contributed by atoms with Crippen LogP contribution in [0, 0.1) is 0 Å². The highest BCUT2D eigenvalue weighted by atomic mass is 32.1. The summed E-state index contributed by atoms with van der Waals surface area (Å²) in [6, 6.07) is 7.79. The van der Waals surface area contributed by atoms with Gasteiger partial charge in [0.15, 0.2) is 17.1 Å². The predicted octanol–water partition coefficient (Wildman–Crippen LogP) is 3.67. The molecule has 0 spiro atoms. The zero-order valence-electron chi connectivity index (χ0n) is 15.0. The summed E-state index contributed by atoms with van der Waals surface area (Å²) in [7, 11) is 0. The molecule has 2 N–H and O–H groups in total.